The van der Waals surface area contributed by atoms with Crippen LogP contribution in [0.5, 0.6) is 5.75 Å². The summed E-state index contributed by atoms with van der Waals surface area (Å²) in [6, 6.07) is 11.1. The highest BCUT2D eigenvalue weighted by atomic mass is 79.9. The minimum atomic E-state index is -0.0844. The van der Waals surface area contributed by atoms with Crippen molar-refractivity contribution < 1.29 is 9.53 Å². The Balaban J connectivity index is 1.62. The number of ether oxygens (including phenoxy) is 1. The van der Waals surface area contributed by atoms with E-state index in [1.54, 1.807) is 19.2 Å². The smallest absolute Gasteiger partial charge is 0.251 e. The predicted octanol–water partition coefficient (Wildman–Crippen LogP) is 3.08. The first kappa shape index (κ1) is 15.6. The van der Waals surface area contributed by atoms with Gasteiger partial charge in [0.15, 0.2) is 11.4 Å². The summed E-state index contributed by atoms with van der Waals surface area (Å²) in [6.07, 6.45) is 4.53. The topological polar surface area (TPSA) is 55.6 Å². The molecule has 2 heterocycles. The summed E-state index contributed by atoms with van der Waals surface area (Å²) in [5.74, 6) is 0.650. The molecule has 3 aromatic rings. The maximum Gasteiger partial charge on any atom is 0.251 e. The maximum atomic E-state index is 12.0. The van der Waals surface area contributed by atoms with Gasteiger partial charge in [-0.25, -0.2) is 4.98 Å². The molecule has 0 aliphatic heterocycles. The number of rotatable bonds is 5. The molecular weight excluding hydrogens is 358 g/mol. The van der Waals surface area contributed by atoms with Gasteiger partial charge in [0.05, 0.1) is 12.8 Å². The second-order valence-corrected chi connectivity index (χ2v) is 5.97. The van der Waals surface area contributed by atoms with Crippen LogP contribution in [-0.4, -0.2) is 28.9 Å². The van der Waals surface area contributed by atoms with Crippen LogP contribution < -0.4 is 10.1 Å². The molecule has 0 atom stereocenters. The number of hydrogen-bond donors (Lipinski definition) is 1. The lowest BCUT2D eigenvalue weighted by molar-refractivity contribution is 0.0954. The molecule has 0 bridgehead atoms. The molecule has 2 aromatic heterocycles. The van der Waals surface area contributed by atoms with Crippen molar-refractivity contribution in [1.29, 1.82) is 0 Å². The van der Waals surface area contributed by atoms with E-state index in [1.165, 1.54) is 0 Å². The Labute approximate surface area is 142 Å². The van der Waals surface area contributed by atoms with Crippen molar-refractivity contribution in [2.45, 2.75) is 6.42 Å². The highest BCUT2D eigenvalue weighted by molar-refractivity contribution is 9.10. The molecule has 0 unspecified atom stereocenters. The Morgan fingerprint density at radius 1 is 1.30 bits per heavy atom. The van der Waals surface area contributed by atoms with Crippen LogP contribution >= 0.6 is 15.9 Å². The van der Waals surface area contributed by atoms with Gasteiger partial charge in [-0.2, -0.15) is 0 Å². The third-order valence-electron chi connectivity index (χ3n) is 3.49. The van der Waals surface area contributed by atoms with E-state index in [0.717, 1.165) is 21.6 Å². The number of aromatic nitrogens is 2. The van der Waals surface area contributed by atoms with Crippen molar-refractivity contribution in [3.8, 4) is 5.75 Å². The molecule has 1 aromatic carbocycles. The number of nitrogens with one attached hydrogen (secondary N) is 1. The number of fused-ring (bicyclic) bond motifs is 1. The van der Waals surface area contributed by atoms with Gasteiger partial charge >= 0.3 is 0 Å². The summed E-state index contributed by atoms with van der Waals surface area (Å²) in [6.45, 7) is 0.529. The van der Waals surface area contributed by atoms with Crippen LogP contribution in [0.4, 0.5) is 0 Å². The SMILES string of the molecule is COc1cccn2cc(CCNC(=O)c3ccc(Br)cc3)nc12. The van der Waals surface area contributed by atoms with Gasteiger partial charge in [-0.1, -0.05) is 15.9 Å². The first-order chi connectivity index (χ1) is 11.2. The first-order valence-electron chi connectivity index (χ1n) is 7.22. The number of imidazole rings is 1. The molecule has 0 aliphatic carbocycles. The van der Waals surface area contributed by atoms with Crippen LogP contribution in [0.3, 0.4) is 0 Å². The summed E-state index contributed by atoms with van der Waals surface area (Å²) in [5, 5.41) is 2.91. The van der Waals surface area contributed by atoms with Crippen molar-refractivity contribution in [3.05, 3.63) is 64.5 Å². The van der Waals surface area contributed by atoms with E-state index in [9.17, 15) is 4.79 Å². The molecule has 0 saturated carbocycles. The first-order valence-corrected chi connectivity index (χ1v) is 8.01. The van der Waals surface area contributed by atoms with E-state index in [4.69, 9.17) is 4.74 Å². The van der Waals surface area contributed by atoms with Gasteiger partial charge in [0.1, 0.15) is 0 Å². The van der Waals surface area contributed by atoms with Crippen LogP contribution in [0.15, 0.2) is 53.3 Å². The molecule has 0 aliphatic rings. The number of pyridine rings is 1. The summed E-state index contributed by atoms with van der Waals surface area (Å²) >= 11 is 3.35. The highest BCUT2D eigenvalue weighted by Crippen LogP contribution is 2.18. The van der Waals surface area contributed by atoms with Crippen LogP contribution in [-0.2, 0) is 6.42 Å². The van der Waals surface area contributed by atoms with Crippen LogP contribution in [0.2, 0.25) is 0 Å². The molecule has 1 N–H and O–H groups in total. The summed E-state index contributed by atoms with van der Waals surface area (Å²) in [4.78, 5) is 16.6. The zero-order valence-electron chi connectivity index (χ0n) is 12.6. The van der Waals surface area contributed by atoms with E-state index in [0.29, 0.717) is 18.5 Å². The fourth-order valence-corrected chi connectivity index (χ4v) is 2.59. The molecule has 5 nitrogen and oxygen atoms in total. The number of carbonyl (C=O) groups excluding carboxylic acids is 1. The minimum absolute atomic E-state index is 0.0844. The maximum absolute atomic E-state index is 12.0. The van der Waals surface area contributed by atoms with Crippen molar-refractivity contribution in [3.63, 3.8) is 0 Å². The number of methoxy groups -OCH3 is 1. The van der Waals surface area contributed by atoms with Crippen LogP contribution in [0, 0.1) is 0 Å². The van der Waals surface area contributed by atoms with Gasteiger partial charge in [-0.15, -0.1) is 0 Å². The van der Waals surface area contributed by atoms with Gasteiger partial charge in [-0.3, -0.25) is 4.79 Å². The fraction of sp³-hybridized carbons (Fsp3) is 0.176. The summed E-state index contributed by atoms with van der Waals surface area (Å²) in [5.41, 5.74) is 2.33. The number of hydrogen-bond acceptors (Lipinski definition) is 3. The van der Waals surface area contributed by atoms with E-state index in [2.05, 4.69) is 26.2 Å². The average Bonchev–Trinajstić information content (AvgIpc) is 2.98. The molecule has 118 valence electrons. The van der Waals surface area contributed by atoms with Crippen molar-refractivity contribution in [1.82, 2.24) is 14.7 Å². The van der Waals surface area contributed by atoms with E-state index >= 15 is 0 Å². The molecule has 0 fully saturated rings. The lowest BCUT2D eigenvalue weighted by Crippen LogP contribution is -2.25. The second-order valence-electron chi connectivity index (χ2n) is 5.05. The lowest BCUT2D eigenvalue weighted by Gasteiger charge is -2.04. The standard InChI is InChI=1S/C17H16BrN3O2/c1-23-15-3-2-10-21-11-14(20-16(15)21)8-9-19-17(22)12-4-6-13(18)7-5-12/h2-7,10-11H,8-9H2,1H3,(H,19,22). The van der Waals surface area contributed by atoms with Crippen LogP contribution in [0.1, 0.15) is 16.1 Å². The number of nitrogens with zero attached hydrogens (tertiary/aromatic N) is 2. The monoisotopic (exact) mass is 373 g/mol. The molecule has 0 radical (unpaired) electrons. The molecule has 6 heteroatoms. The van der Waals surface area contributed by atoms with E-state index in [1.807, 2.05) is 41.1 Å². The molecule has 23 heavy (non-hydrogen) atoms. The van der Waals surface area contributed by atoms with Gasteiger partial charge in [-0.05, 0) is 36.4 Å². The zero-order valence-corrected chi connectivity index (χ0v) is 14.2. The number of amides is 1. The lowest BCUT2D eigenvalue weighted by atomic mass is 10.2. The third-order valence-corrected chi connectivity index (χ3v) is 4.02. The number of carbonyl (C=O) groups is 1. The Morgan fingerprint density at radius 2 is 2.09 bits per heavy atom. The van der Waals surface area contributed by atoms with E-state index < -0.39 is 0 Å². The minimum Gasteiger partial charge on any atom is -0.493 e. The van der Waals surface area contributed by atoms with Gasteiger partial charge in [0, 0.05) is 35.4 Å². The largest absolute Gasteiger partial charge is 0.493 e. The number of benzene rings is 1. The Kier molecular flexibility index (Phi) is 4.62. The number of halogens is 1. The molecule has 1 amide bonds. The van der Waals surface area contributed by atoms with Crippen molar-refractivity contribution in [2.24, 2.45) is 0 Å². The Bertz CT molecular complexity index is 827. The van der Waals surface area contributed by atoms with Gasteiger partial charge < -0.3 is 14.5 Å². The quantitative estimate of drug-likeness (QED) is 0.747. The predicted molar refractivity (Wildman–Crippen MR) is 91.9 cm³/mol. The zero-order chi connectivity index (χ0) is 16.2. The Hall–Kier alpha value is -2.34. The summed E-state index contributed by atoms with van der Waals surface area (Å²) < 4.78 is 8.17. The van der Waals surface area contributed by atoms with Crippen LogP contribution in [0.25, 0.3) is 5.65 Å². The fourth-order valence-electron chi connectivity index (χ4n) is 2.33. The van der Waals surface area contributed by atoms with Crippen molar-refractivity contribution in [2.75, 3.05) is 13.7 Å². The molecular formula is C17H16BrN3O2. The molecule has 3 rings (SSSR count). The van der Waals surface area contributed by atoms with Gasteiger partial charge in [0.2, 0.25) is 0 Å². The van der Waals surface area contributed by atoms with Crippen molar-refractivity contribution >= 4 is 27.5 Å². The highest BCUT2D eigenvalue weighted by Gasteiger charge is 2.08. The third kappa shape index (κ3) is 3.53. The average molecular weight is 374 g/mol. The summed E-state index contributed by atoms with van der Waals surface area (Å²) in [7, 11) is 1.63. The molecule has 0 spiro atoms. The van der Waals surface area contributed by atoms with Gasteiger partial charge in [0.25, 0.3) is 5.91 Å². The second kappa shape index (κ2) is 6.83. The normalized spacial score (nSPS) is 10.7. The van der Waals surface area contributed by atoms with E-state index in [-0.39, 0.29) is 5.91 Å². The molecule has 0 saturated heterocycles. The Morgan fingerprint density at radius 3 is 2.83 bits per heavy atom.